The van der Waals surface area contributed by atoms with Crippen molar-refractivity contribution in [3.05, 3.63) is 0 Å². The minimum Gasteiger partial charge on any atom is -0.480 e. The number of rotatable bonds is 2. The third-order valence-corrected chi connectivity index (χ3v) is 3.30. The molecule has 1 saturated heterocycles. The third kappa shape index (κ3) is 4.73. The molecule has 1 rings (SSSR count). The van der Waals surface area contributed by atoms with E-state index in [9.17, 15) is 27.6 Å². The molecule has 0 radical (unpaired) electrons. The molecule has 2 unspecified atom stereocenters. The average Bonchev–Trinajstić information content (AvgIpc) is 2.78. The normalized spacial score (nSPS) is 22.0. The topological polar surface area (TPSA) is 87.2 Å². The van der Waals surface area contributed by atoms with Gasteiger partial charge in [0.25, 0.3) is 0 Å². The lowest BCUT2D eigenvalue weighted by atomic mass is 10.1. The van der Waals surface area contributed by atoms with Gasteiger partial charge in [0.05, 0.1) is 6.04 Å². The van der Waals surface area contributed by atoms with Gasteiger partial charge in [-0.05, 0) is 20.8 Å². The second-order valence-corrected chi connectivity index (χ2v) is 6.29. The number of likely N-dealkylation sites (N-methyl/N-ethyl adjacent to an activating group) is 1. The van der Waals surface area contributed by atoms with Crippen LogP contribution in [0.3, 0.4) is 0 Å². The number of hydrogen-bond acceptors (Lipinski definition) is 4. The van der Waals surface area contributed by atoms with Crippen LogP contribution in [0.25, 0.3) is 0 Å². The van der Waals surface area contributed by atoms with Gasteiger partial charge in [0.2, 0.25) is 0 Å². The van der Waals surface area contributed by atoms with Crippen molar-refractivity contribution >= 4 is 18.0 Å². The van der Waals surface area contributed by atoms with Gasteiger partial charge in [-0.2, -0.15) is 13.2 Å². The van der Waals surface area contributed by atoms with E-state index in [4.69, 9.17) is 9.84 Å². The number of alkyl halides is 3. The van der Waals surface area contributed by atoms with Crippen LogP contribution >= 0.6 is 0 Å². The van der Waals surface area contributed by atoms with E-state index >= 15 is 0 Å². The largest absolute Gasteiger partial charge is 0.480 e. The Morgan fingerprint density at radius 2 is 1.74 bits per heavy atom. The summed E-state index contributed by atoms with van der Waals surface area (Å²) >= 11 is 0. The van der Waals surface area contributed by atoms with E-state index in [-0.39, 0.29) is 13.0 Å². The number of carbonyl (C=O) groups excluding carboxylic acids is 2. The Labute approximate surface area is 131 Å². The Morgan fingerprint density at radius 1 is 1.22 bits per heavy atom. The molecule has 0 bridgehead atoms. The summed E-state index contributed by atoms with van der Waals surface area (Å²) < 4.78 is 42.5. The van der Waals surface area contributed by atoms with Crippen LogP contribution < -0.4 is 0 Å². The first kappa shape index (κ1) is 19.0. The lowest BCUT2D eigenvalue weighted by Crippen LogP contribution is -2.46. The molecular weight excluding hydrogens is 321 g/mol. The Morgan fingerprint density at radius 3 is 2.13 bits per heavy atom. The van der Waals surface area contributed by atoms with Crippen LogP contribution in [0.1, 0.15) is 27.2 Å². The summed E-state index contributed by atoms with van der Waals surface area (Å²) in [6.07, 6.45) is -6.31. The second-order valence-electron chi connectivity index (χ2n) is 6.29. The molecule has 0 aromatic heterocycles. The van der Waals surface area contributed by atoms with Crippen LogP contribution in [0.4, 0.5) is 18.0 Å². The van der Waals surface area contributed by atoms with E-state index < -0.39 is 41.8 Å². The number of amides is 2. The number of likely N-dealkylation sites (tertiary alicyclic amines) is 1. The molecule has 132 valence electrons. The molecule has 0 aromatic rings. The molecule has 1 N–H and O–H groups in total. The van der Waals surface area contributed by atoms with E-state index in [1.807, 2.05) is 0 Å². The van der Waals surface area contributed by atoms with E-state index in [0.29, 0.717) is 4.90 Å². The van der Waals surface area contributed by atoms with E-state index in [0.717, 1.165) is 11.9 Å². The van der Waals surface area contributed by atoms with Gasteiger partial charge in [-0.25, -0.2) is 9.59 Å². The molecule has 0 saturated carbocycles. The Kier molecular flexibility index (Phi) is 5.17. The van der Waals surface area contributed by atoms with Gasteiger partial charge in [-0.1, -0.05) is 0 Å². The Bertz CT molecular complexity index is 501. The van der Waals surface area contributed by atoms with Crippen molar-refractivity contribution in [2.45, 2.75) is 51.1 Å². The highest BCUT2D eigenvalue weighted by atomic mass is 19.4. The van der Waals surface area contributed by atoms with Gasteiger partial charge < -0.3 is 14.7 Å². The van der Waals surface area contributed by atoms with Crippen LogP contribution in [0.5, 0.6) is 0 Å². The van der Waals surface area contributed by atoms with Gasteiger partial charge in [-0.3, -0.25) is 9.69 Å². The van der Waals surface area contributed by atoms with Crippen molar-refractivity contribution in [3.63, 3.8) is 0 Å². The van der Waals surface area contributed by atoms with Gasteiger partial charge in [0, 0.05) is 20.0 Å². The molecule has 1 aliphatic rings. The van der Waals surface area contributed by atoms with Crippen LogP contribution in [0.15, 0.2) is 0 Å². The van der Waals surface area contributed by atoms with Crippen LogP contribution in [0.2, 0.25) is 0 Å². The number of aliphatic carboxylic acids is 1. The zero-order chi connectivity index (χ0) is 18.2. The summed E-state index contributed by atoms with van der Waals surface area (Å²) in [5, 5.41) is 9.15. The maximum atomic E-state index is 12.5. The average molecular weight is 340 g/mol. The highest BCUT2D eigenvalue weighted by molar-refractivity contribution is 5.84. The summed E-state index contributed by atoms with van der Waals surface area (Å²) in [5.74, 6) is -3.45. The minimum absolute atomic E-state index is 0.299. The molecule has 10 heteroatoms. The van der Waals surface area contributed by atoms with Crippen LogP contribution in [0, 0.1) is 0 Å². The number of halogens is 3. The van der Waals surface area contributed by atoms with Gasteiger partial charge in [0.1, 0.15) is 11.6 Å². The summed E-state index contributed by atoms with van der Waals surface area (Å²) in [7, 11) is 0.929. The zero-order valence-electron chi connectivity index (χ0n) is 13.2. The van der Waals surface area contributed by atoms with Crippen molar-refractivity contribution in [2.75, 3.05) is 13.6 Å². The molecule has 0 spiro atoms. The highest BCUT2D eigenvalue weighted by Crippen LogP contribution is 2.27. The van der Waals surface area contributed by atoms with Crippen molar-refractivity contribution in [3.8, 4) is 0 Å². The van der Waals surface area contributed by atoms with Gasteiger partial charge in [-0.15, -0.1) is 0 Å². The lowest BCUT2D eigenvalue weighted by molar-refractivity contribution is -0.186. The van der Waals surface area contributed by atoms with Crippen LogP contribution in [-0.4, -0.2) is 70.3 Å². The lowest BCUT2D eigenvalue weighted by Gasteiger charge is -2.27. The van der Waals surface area contributed by atoms with Crippen molar-refractivity contribution < 1.29 is 37.4 Å². The second kappa shape index (κ2) is 6.25. The summed E-state index contributed by atoms with van der Waals surface area (Å²) in [6.45, 7) is 4.39. The van der Waals surface area contributed by atoms with Crippen molar-refractivity contribution in [2.24, 2.45) is 0 Å². The Hall–Kier alpha value is -2.00. The third-order valence-electron chi connectivity index (χ3n) is 3.30. The molecule has 7 nitrogen and oxygen atoms in total. The highest BCUT2D eigenvalue weighted by Gasteiger charge is 2.48. The first-order chi connectivity index (χ1) is 10.2. The fraction of sp³-hybridized carbons (Fsp3) is 0.769. The van der Waals surface area contributed by atoms with Gasteiger partial charge >= 0.3 is 24.1 Å². The molecule has 2 amide bonds. The SMILES string of the molecule is CN(C(=O)C(F)(F)F)C1CC(C(=O)O)N(C(=O)OC(C)(C)C)C1. The first-order valence-corrected chi connectivity index (χ1v) is 6.80. The number of ether oxygens (including phenoxy) is 1. The molecule has 1 heterocycles. The predicted octanol–water partition coefficient (Wildman–Crippen LogP) is 1.47. The summed E-state index contributed by atoms with van der Waals surface area (Å²) in [6, 6.07) is -2.41. The van der Waals surface area contributed by atoms with E-state index in [1.165, 1.54) is 0 Å². The molecule has 1 aliphatic heterocycles. The zero-order valence-corrected chi connectivity index (χ0v) is 13.2. The molecule has 0 aliphatic carbocycles. The molecule has 2 atom stereocenters. The number of carbonyl (C=O) groups is 3. The van der Waals surface area contributed by atoms with Crippen molar-refractivity contribution in [1.29, 1.82) is 0 Å². The van der Waals surface area contributed by atoms with Crippen LogP contribution in [-0.2, 0) is 14.3 Å². The van der Waals surface area contributed by atoms with Gasteiger partial charge in [0.15, 0.2) is 0 Å². The number of nitrogens with zero attached hydrogens (tertiary/aromatic N) is 2. The fourth-order valence-electron chi connectivity index (χ4n) is 2.22. The first-order valence-electron chi connectivity index (χ1n) is 6.80. The molecular formula is C13H19F3N2O5. The maximum Gasteiger partial charge on any atom is 0.471 e. The number of carboxylic acids is 1. The van der Waals surface area contributed by atoms with E-state index in [1.54, 1.807) is 20.8 Å². The predicted molar refractivity (Wildman–Crippen MR) is 71.6 cm³/mol. The molecule has 1 fully saturated rings. The minimum atomic E-state index is -5.06. The Balaban J connectivity index is 2.92. The molecule has 23 heavy (non-hydrogen) atoms. The maximum absolute atomic E-state index is 12.5. The standard InChI is InChI=1S/C13H19F3N2O5/c1-12(2,3)23-11(22)18-6-7(5-8(18)9(19)20)17(4)10(21)13(14,15)16/h7-8H,5-6H2,1-4H3,(H,19,20). The summed E-state index contributed by atoms with van der Waals surface area (Å²) in [4.78, 5) is 35.8. The number of hydrogen-bond donors (Lipinski definition) is 1. The fourth-order valence-corrected chi connectivity index (χ4v) is 2.22. The summed E-state index contributed by atoms with van der Waals surface area (Å²) in [5.41, 5.74) is -0.883. The molecule has 0 aromatic carbocycles. The quantitative estimate of drug-likeness (QED) is 0.822. The van der Waals surface area contributed by atoms with Crippen molar-refractivity contribution in [1.82, 2.24) is 9.80 Å². The van der Waals surface area contributed by atoms with E-state index in [2.05, 4.69) is 0 Å². The smallest absolute Gasteiger partial charge is 0.471 e. The monoisotopic (exact) mass is 340 g/mol. The number of carboxylic acid groups (broad SMARTS) is 1.